The number of hydrogen-bond donors (Lipinski definition) is 3. The summed E-state index contributed by atoms with van der Waals surface area (Å²) in [6, 6.07) is 14.7. The lowest BCUT2D eigenvalue weighted by Gasteiger charge is -2.07. The SMILES string of the molecule is O=C(/C=C/c1ccccc1Cl)NCCNc1ccc(Nc2ccncc2)nn1. The van der Waals surface area contributed by atoms with Crippen LogP contribution in [0.1, 0.15) is 5.56 Å². The first kappa shape index (κ1) is 19.3. The molecule has 28 heavy (non-hydrogen) atoms. The molecule has 0 bridgehead atoms. The smallest absolute Gasteiger partial charge is 0.244 e. The normalized spacial score (nSPS) is 10.6. The number of benzene rings is 1. The van der Waals surface area contributed by atoms with Gasteiger partial charge in [0.05, 0.1) is 0 Å². The minimum Gasteiger partial charge on any atom is -0.367 e. The number of anilines is 3. The Labute approximate surface area is 167 Å². The predicted molar refractivity (Wildman–Crippen MR) is 112 cm³/mol. The molecule has 0 fully saturated rings. The zero-order valence-corrected chi connectivity index (χ0v) is 15.7. The van der Waals surface area contributed by atoms with Crippen molar-refractivity contribution in [3.63, 3.8) is 0 Å². The quantitative estimate of drug-likeness (QED) is 0.400. The third-order valence-electron chi connectivity index (χ3n) is 3.67. The summed E-state index contributed by atoms with van der Waals surface area (Å²) in [6.07, 6.45) is 6.54. The summed E-state index contributed by atoms with van der Waals surface area (Å²) < 4.78 is 0. The molecule has 0 radical (unpaired) electrons. The fourth-order valence-electron chi connectivity index (χ4n) is 2.29. The van der Waals surface area contributed by atoms with E-state index in [9.17, 15) is 4.79 Å². The average molecular weight is 395 g/mol. The first-order valence-corrected chi connectivity index (χ1v) is 9.03. The number of halogens is 1. The molecule has 0 saturated carbocycles. The molecule has 2 heterocycles. The molecule has 0 unspecified atom stereocenters. The largest absolute Gasteiger partial charge is 0.367 e. The first-order valence-electron chi connectivity index (χ1n) is 8.66. The molecule has 0 saturated heterocycles. The van der Waals surface area contributed by atoms with E-state index in [1.165, 1.54) is 6.08 Å². The van der Waals surface area contributed by atoms with Crippen molar-refractivity contribution in [2.45, 2.75) is 0 Å². The average Bonchev–Trinajstić information content (AvgIpc) is 2.72. The van der Waals surface area contributed by atoms with E-state index in [0.717, 1.165) is 11.3 Å². The number of carbonyl (C=O) groups excluding carboxylic acids is 1. The summed E-state index contributed by atoms with van der Waals surface area (Å²) in [6.45, 7) is 0.974. The summed E-state index contributed by atoms with van der Waals surface area (Å²) in [5.74, 6) is 1.07. The lowest BCUT2D eigenvalue weighted by atomic mass is 10.2. The minimum atomic E-state index is -0.190. The van der Waals surface area contributed by atoms with Gasteiger partial charge in [0.15, 0.2) is 5.82 Å². The van der Waals surface area contributed by atoms with Crippen molar-refractivity contribution in [3.8, 4) is 0 Å². The second-order valence-electron chi connectivity index (χ2n) is 5.74. The molecule has 0 aliphatic carbocycles. The fourth-order valence-corrected chi connectivity index (χ4v) is 2.49. The van der Waals surface area contributed by atoms with E-state index in [4.69, 9.17) is 11.6 Å². The molecule has 8 heteroatoms. The first-order chi connectivity index (χ1) is 13.7. The molecule has 3 N–H and O–H groups in total. The van der Waals surface area contributed by atoms with Gasteiger partial charge in [-0.2, -0.15) is 0 Å². The Morgan fingerprint density at radius 3 is 2.46 bits per heavy atom. The molecule has 1 aromatic carbocycles. The molecule has 142 valence electrons. The van der Waals surface area contributed by atoms with Crippen LogP contribution in [0.25, 0.3) is 6.08 Å². The summed E-state index contributed by atoms with van der Waals surface area (Å²) >= 11 is 6.05. The van der Waals surface area contributed by atoms with Crippen LogP contribution in [0, 0.1) is 0 Å². The molecule has 3 rings (SSSR count). The summed E-state index contributed by atoms with van der Waals surface area (Å²) in [7, 11) is 0. The van der Waals surface area contributed by atoms with Crippen molar-refractivity contribution in [2.75, 3.05) is 23.7 Å². The van der Waals surface area contributed by atoms with E-state index < -0.39 is 0 Å². The van der Waals surface area contributed by atoms with Crippen LogP contribution in [0.4, 0.5) is 17.3 Å². The number of carbonyl (C=O) groups is 1. The zero-order chi connectivity index (χ0) is 19.6. The van der Waals surface area contributed by atoms with Gasteiger partial charge in [0.2, 0.25) is 5.91 Å². The van der Waals surface area contributed by atoms with E-state index >= 15 is 0 Å². The fraction of sp³-hybridized carbons (Fsp3) is 0.100. The summed E-state index contributed by atoms with van der Waals surface area (Å²) in [5, 5.41) is 17.8. The molecule has 0 atom stereocenters. The maximum atomic E-state index is 11.8. The number of nitrogens with one attached hydrogen (secondary N) is 3. The van der Waals surface area contributed by atoms with Gasteiger partial charge in [-0.3, -0.25) is 9.78 Å². The van der Waals surface area contributed by atoms with Crippen LogP contribution in [0.3, 0.4) is 0 Å². The molecule has 0 spiro atoms. The standard InChI is InChI=1S/C20H19ClN6O/c21-17-4-2-1-3-15(17)5-8-20(28)24-14-13-23-18-6-7-19(27-26-18)25-16-9-11-22-12-10-16/h1-12H,13-14H2,(H,23,26)(H,24,28)(H,22,25,27)/b8-5+. The third-order valence-corrected chi connectivity index (χ3v) is 4.01. The van der Waals surface area contributed by atoms with E-state index in [-0.39, 0.29) is 5.91 Å². The number of amides is 1. The topological polar surface area (TPSA) is 91.8 Å². The highest BCUT2D eigenvalue weighted by Crippen LogP contribution is 2.16. The van der Waals surface area contributed by atoms with Gasteiger partial charge in [0.25, 0.3) is 0 Å². The van der Waals surface area contributed by atoms with Crippen LogP contribution in [0.15, 0.2) is 67.0 Å². The Bertz CT molecular complexity index is 931. The lowest BCUT2D eigenvalue weighted by molar-refractivity contribution is -0.116. The van der Waals surface area contributed by atoms with E-state index in [1.54, 1.807) is 24.5 Å². The van der Waals surface area contributed by atoms with Gasteiger partial charge in [-0.15, -0.1) is 10.2 Å². The number of pyridine rings is 1. The minimum absolute atomic E-state index is 0.190. The van der Waals surface area contributed by atoms with Crippen molar-refractivity contribution >= 4 is 40.9 Å². The van der Waals surface area contributed by atoms with Crippen molar-refractivity contribution in [1.29, 1.82) is 0 Å². The van der Waals surface area contributed by atoms with Gasteiger partial charge in [-0.05, 0) is 42.0 Å². The van der Waals surface area contributed by atoms with Gasteiger partial charge in [0, 0.05) is 42.3 Å². The van der Waals surface area contributed by atoms with Crippen LogP contribution in [0.5, 0.6) is 0 Å². The van der Waals surface area contributed by atoms with Crippen molar-refractivity contribution < 1.29 is 4.79 Å². The van der Waals surface area contributed by atoms with Gasteiger partial charge >= 0.3 is 0 Å². The molecule has 1 amide bonds. The lowest BCUT2D eigenvalue weighted by Crippen LogP contribution is -2.27. The maximum absolute atomic E-state index is 11.8. The second kappa shape index (κ2) is 10.0. The second-order valence-corrected chi connectivity index (χ2v) is 6.14. The number of rotatable bonds is 8. The van der Waals surface area contributed by atoms with Crippen LogP contribution in [-0.4, -0.2) is 34.2 Å². The number of hydrogen-bond acceptors (Lipinski definition) is 6. The highest BCUT2D eigenvalue weighted by molar-refractivity contribution is 6.32. The third kappa shape index (κ3) is 6.07. The van der Waals surface area contributed by atoms with Crippen molar-refractivity contribution in [3.05, 3.63) is 77.6 Å². The highest BCUT2D eigenvalue weighted by Gasteiger charge is 2.00. The molecule has 2 aromatic heterocycles. The van der Waals surface area contributed by atoms with Crippen LogP contribution < -0.4 is 16.0 Å². The van der Waals surface area contributed by atoms with Gasteiger partial charge in [-0.25, -0.2) is 0 Å². The Kier molecular flexibility index (Phi) is 6.92. The maximum Gasteiger partial charge on any atom is 0.244 e. The zero-order valence-electron chi connectivity index (χ0n) is 15.0. The van der Waals surface area contributed by atoms with E-state index in [2.05, 4.69) is 31.1 Å². The van der Waals surface area contributed by atoms with E-state index in [0.29, 0.717) is 29.7 Å². The van der Waals surface area contributed by atoms with Crippen molar-refractivity contribution in [1.82, 2.24) is 20.5 Å². The molecule has 7 nitrogen and oxygen atoms in total. The molecular formula is C20H19ClN6O. The highest BCUT2D eigenvalue weighted by atomic mass is 35.5. The summed E-state index contributed by atoms with van der Waals surface area (Å²) in [4.78, 5) is 15.8. The van der Waals surface area contributed by atoms with Gasteiger partial charge in [0.1, 0.15) is 5.82 Å². The Morgan fingerprint density at radius 2 is 1.71 bits per heavy atom. The Morgan fingerprint density at radius 1 is 0.964 bits per heavy atom. The van der Waals surface area contributed by atoms with Crippen LogP contribution in [0.2, 0.25) is 5.02 Å². The predicted octanol–water partition coefficient (Wildman–Crippen LogP) is 3.51. The van der Waals surface area contributed by atoms with Gasteiger partial charge in [-0.1, -0.05) is 29.8 Å². The molecule has 0 aliphatic rings. The molecular weight excluding hydrogens is 376 g/mol. The monoisotopic (exact) mass is 394 g/mol. The summed E-state index contributed by atoms with van der Waals surface area (Å²) in [5.41, 5.74) is 1.69. The van der Waals surface area contributed by atoms with Crippen LogP contribution in [-0.2, 0) is 4.79 Å². The number of aromatic nitrogens is 3. The Hall–Kier alpha value is -3.45. The van der Waals surface area contributed by atoms with E-state index in [1.807, 2.05) is 42.5 Å². The molecule has 3 aromatic rings. The van der Waals surface area contributed by atoms with Gasteiger partial charge < -0.3 is 16.0 Å². The molecule has 0 aliphatic heterocycles. The Balaban J connectivity index is 1.39. The number of nitrogens with zero attached hydrogens (tertiary/aromatic N) is 3. The van der Waals surface area contributed by atoms with Crippen molar-refractivity contribution in [2.24, 2.45) is 0 Å². The van der Waals surface area contributed by atoms with Crippen LogP contribution >= 0.6 is 11.6 Å².